The summed E-state index contributed by atoms with van der Waals surface area (Å²) in [7, 11) is -0.525. The third-order valence-corrected chi connectivity index (χ3v) is 4.71. The maximum absolute atomic E-state index is 11.6. The molecule has 0 aliphatic carbocycles. The molecule has 66 valence electrons. The van der Waals surface area contributed by atoms with Gasteiger partial charge in [0.05, 0.1) is 0 Å². The molecule has 1 aliphatic heterocycles. The smallest absolute Gasteiger partial charge is 0.0345 e. The van der Waals surface area contributed by atoms with Crippen molar-refractivity contribution < 1.29 is 4.21 Å². The number of rotatable bonds is 1. The van der Waals surface area contributed by atoms with E-state index in [0.29, 0.717) is 11.2 Å². The van der Waals surface area contributed by atoms with Crippen LogP contribution in [0.3, 0.4) is 0 Å². The molecular formula is C9H18OS. The van der Waals surface area contributed by atoms with E-state index in [1.54, 1.807) is 0 Å². The Morgan fingerprint density at radius 3 is 2.82 bits per heavy atom. The van der Waals surface area contributed by atoms with Crippen LogP contribution in [0.2, 0.25) is 0 Å². The zero-order valence-electron chi connectivity index (χ0n) is 7.51. The third-order valence-electron chi connectivity index (χ3n) is 2.50. The summed E-state index contributed by atoms with van der Waals surface area (Å²) >= 11 is 0. The fourth-order valence-electron chi connectivity index (χ4n) is 1.72. The van der Waals surface area contributed by atoms with Gasteiger partial charge in [0.15, 0.2) is 0 Å². The van der Waals surface area contributed by atoms with Gasteiger partial charge in [-0.25, -0.2) is 0 Å². The van der Waals surface area contributed by atoms with Crippen LogP contribution in [0.25, 0.3) is 0 Å². The molecular weight excluding hydrogens is 156 g/mol. The molecule has 1 heterocycles. The third kappa shape index (κ3) is 2.58. The van der Waals surface area contributed by atoms with Gasteiger partial charge in [-0.2, -0.15) is 0 Å². The van der Waals surface area contributed by atoms with Gasteiger partial charge in [0.1, 0.15) is 0 Å². The first-order valence-electron chi connectivity index (χ1n) is 4.61. The summed E-state index contributed by atoms with van der Waals surface area (Å²) in [5.41, 5.74) is 0. The van der Waals surface area contributed by atoms with Gasteiger partial charge in [-0.15, -0.1) is 0 Å². The monoisotopic (exact) mass is 174 g/mol. The second kappa shape index (κ2) is 4.24. The highest BCUT2D eigenvalue weighted by atomic mass is 32.2. The summed E-state index contributed by atoms with van der Waals surface area (Å²) in [6.07, 6.45) is 4.85. The molecule has 0 aromatic rings. The highest BCUT2D eigenvalue weighted by Crippen LogP contribution is 2.21. The molecule has 1 saturated heterocycles. The van der Waals surface area contributed by atoms with Gasteiger partial charge in [-0.3, -0.25) is 4.21 Å². The normalized spacial score (nSPS) is 40.0. The van der Waals surface area contributed by atoms with Gasteiger partial charge in [0, 0.05) is 21.8 Å². The first-order chi connectivity index (χ1) is 5.24. The average molecular weight is 174 g/mol. The van der Waals surface area contributed by atoms with Gasteiger partial charge >= 0.3 is 0 Å². The molecule has 0 radical (unpaired) electrons. The molecule has 3 atom stereocenters. The fourth-order valence-corrected chi connectivity index (χ4v) is 3.52. The Balaban J connectivity index is 2.50. The molecule has 0 N–H and O–H groups in total. The van der Waals surface area contributed by atoms with Gasteiger partial charge < -0.3 is 0 Å². The Bertz CT molecular complexity index is 144. The standard InChI is InChI=1S/C9H18OS/c1-3-9-6-4-5-8(2)7-11(9)10/h8-9H,3-7H2,1-2H3. The topological polar surface area (TPSA) is 17.1 Å². The molecule has 1 fully saturated rings. The Morgan fingerprint density at radius 2 is 2.18 bits per heavy atom. The van der Waals surface area contributed by atoms with Crippen LogP contribution in [0.5, 0.6) is 0 Å². The molecule has 0 saturated carbocycles. The first kappa shape index (κ1) is 9.24. The zero-order valence-corrected chi connectivity index (χ0v) is 8.32. The summed E-state index contributed by atoms with van der Waals surface area (Å²) in [5, 5.41) is 0.500. The van der Waals surface area contributed by atoms with Crippen molar-refractivity contribution in [1.82, 2.24) is 0 Å². The second-order valence-corrected chi connectivity index (χ2v) is 5.38. The van der Waals surface area contributed by atoms with E-state index in [0.717, 1.165) is 12.2 Å². The molecule has 0 aromatic carbocycles. The molecule has 3 unspecified atom stereocenters. The molecule has 0 bridgehead atoms. The number of hydrogen-bond acceptors (Lipinski definition) is 1. The van der Waals surface area contributed by atoms with Crippen LogP contribution in [0.1, 0.15) is 39.5 Å². The van der Waals surface area contributed by atoms with E-state index in [1.807, 2.05) is 0 Å². The lowest BCUT2D eigenvalue weighted by Gasteiger charge is -2.10. The van der Waals surface area contributed by atoms with E-state index >= 15 is 0 Å². The van der Waals surface area contributed by atoms with Crippen LogP contribution in [-0.4, -0.2) is 15.2 Å². The fraction of sp³-hybridized carbons (Fsp3) is 1.00. The highest BCUT2D eigenvalue weighted by molar-refractivity contribution is 7.85. The molecule has 1 aliphatic rings. The molecule has 11 heavy (non-hydrogen) atoms. The van der Waals surface area contributed by atoms with Crippen molar-refractivity contribution >= 4 is 10.8 Å². The summed E-state index contributed by atoms with van der Waals surface area (Å²) in [4.78, 5) is 0. The minimum Gasteiger partial charge on any atom is -0.259 e. The summed E-state index contributed by atoms with van der Waals surface area (Å²) in [6, 6.07) is 0. The van der Waals surface area contributed by atoms with Crippen LogP contribution < -0.4 is 0 Å². The van der Waals surface area contributed by atoms with Gasteiger partial charge in [-0.1, -0.05) is 20.3 Å². The van der Waals surface area contributed by atoms with E-state index in [1.165, 1.54) is 19.3 Å². The van der Waals surface area contributed by atoms with Crippen molar-refractivity contribution in [2.45, 2.75) is 44.8 Å². The SMILES string of the molecule is CCC1CCCC(C)CS1=O. The second-order valence-electron chi connectivity index (χ2n) is 3.61. The molecule has 2 heteroatoms. The summed E-state index contributed by atoms with van der Waals surface area (Å²) < 4.78 is 11.6. The van der Waals surface area contributed by atoms with Crippen molar-refractivity contribution in [3.8, 4) is 0 Å². The van der Waals surface area contributed by atoms with Crippen molar-refractivity contribution in [2.75, 3.05) is 5.75 Å². The predicted molar refractivity (Wildman–Crippen MR) is 50.1 cm³/mol. The molecule has 0 aromatic heterocycles. The van der Waals surface area contributed by atoms with E-state index in [9.17, 15) is 4.21 Å². The Hall–Kier alpha value is 0.150. The minimum absolute atomic E-state index is 0.500. The van der Waals surface area contributed by atoms with Gasteiger partial charge in [0.2, 0.25) is 0 Å². The average Bonchev–Trinajstić information content (AvgIpc) is 2.11. The lowest BCUT2D eigenvalue weighted by molar-refractivity contribution is 0.553. The zero-order chi connectivity index (χ0) is 8.27. The summed E-state index contributed by atoms with van der Waals surface area (Å²) in [6.45, 7) is 4.37. The quantitative estimate of drug-likeness (QED) is 0.596. The molecule has 1 nitrogen and oxygen atoms in total. The molecule has 1 rings (SSSR count). The van der Waals surface area contributed by atoms with Crippen LogP contribution >= 0.6 is 0 Å². The Kier molecular flexibility index (Phi) is 3.57. The van der Waals surface area contributed by atoms with E-state index in [4.69, 9.17) is 0 Å². The van der Waals surface area contributed by atoms with E-state index in [2.05, 4.69) is 13.8 Å². The Labute approximate surface area is 72.0 Å². The van der Waals surface area contributed by atoms with Gasteiger partial charge in [0.25, 0.3) is 0 Å². The van der Waals surface area contributed by atoms with E-state index < -0.39 is 10.8 Å². The van der Waals surface area contributed by atoms with Crippen LogP contribution in [0.4, 0.5) is 0 Å². The Morgan fingerprint density at radius 1 is 1.45 bits per heavy atom. The minimum atomic E-state index is -0.525. The van der Waals surface area contributed by atoms with Crippen molar-refractivity contribution in [1.29, 1.82) is 0 Å². The first-order valence-corrected chi connectivity index (χ1v) is 5.99. The van der Waals surface area contributed by atoms with Crippen LogP contribution in [0, 0.1) is 5.92 Å². The maximum Gasteiger partial charge on any atom is 0.0345 e. The number of hydrogen-bond donors (Lipinski definition) is 0. The van der Waals surface area contributed by atoms with Crippen molar-refractivity contribution in [3.63, 3.8) is 0 Å². The lowest BCUT2D eigenvalue weighted by atomic mass is 10.1. The predicted octanol–water partition coefficient (Wildman–Crippen LogP) is 2.33. The lowest BCUT2D eigenvalue weighted by Crippen LogP contribution is -2.16. The highest BCUT2D eigenvalue weighted by Gasteiger charge is 2.20. The molecule has 0 spiro atoms. The van der Waals surface area contributed by atoms with Crippen LogP contribution in [-0.2, 0) is 10.8 Å². The van der Waals surface area contributed by atoms with E-state index in [-0.39, 0.29) is 0 Å². The van der Waals surface area contributed by atoms with Crippen molar-refractivity contribution in [2.24, 2.45) is 5.92 Å². The molecule has 0 amide bonds. The van der Waals surface area contributed by atoms with Crippen LogP contribution in [0.15, 0.2) is 0 Å². The summed E-state index contributed by atoms with van der Waals surface area (Å²) in [5.74, 6) is 1.63. The van der Waals surface area contributed by atoms with Crippen molar-refractivity contribution in [3.05, 3.63) is 0 Å². The largest absolute Gasteiger partial charge is 0.259 e. The van der Waals surface area contributed by atoms with Gasteiger partial charge in [-0.05, 0) is 25.2 Å². The maximum atomic E-state index is 11.6.